The van der Waals surface area contributed by atoms with E-state index in [1.165, 1.54) is 4.57 Å². The summed E-state index contributed by atoms with van der Waals surface area (Å²) in [4.78, 5) is 27.9. The molecule has 3 aromatic rings. The van der Waals surface area contributed by atoms with Gasteiger partial charge < -0.3 is 14.7 Å². The lowest BCUT2D eigenvalue weighted by Gasteiger charge is -2.08. The molecule has 1 aromatic carbocycles. The van der Waals surface area contributed by atoms with Crippen molar-refractivity contribution in [3.8, 4) is 0 Å². The molecule has 0 unspecified atom stereocenters. The van der Waals surface area contributed by atoms with Gasteiger partial charge >= 0.3 is 0 Å². The molecule has 130 valence electrons. The molecule has 2 heterocycles. The van der Waals surface area contributed by atoms with Crippen molar-refractivity contribution in [1.82, 2.24) is 14.9 Å². The number of amides is 1. The maximum absolute atomic E-state index is 12.7. The van der Waals surface area contributed by atoms with E-state index >= 15 is 0 Å². The van der Waals surface area contributed by atoms with Gasteiger partial charge in [0.25, 0.3) is 11.5 Å². The average Bonchev–Trinajstić information content (AvgIpc) is 3.11. The number of nitrogens with zero attached hydrogens (tertiary/aromatic N) is 1. The first-order chi connectivity index (χ1) is 12.1. The highest BCUT2D eigenvalue weighted by molar-refractivity contribution is 7.71. The van der Waals surface area contributed by atoms with Gasteiger partial charge in [0.2, 0.25) is 0 Å². The summed E-state index contributed by atoms with van der Waals surface area (Å²) >= 11 is 5.30. The molecule has 0 aliphatic rings. The number of carbonyl (C=O) groups excluding carboxylic acids is 1. The molecule has 6 nitrogen and oxygen atoms in total. The van der Waals surface area contributed by atoms with E-state index in [0.29, 0.717) is 28.8 Å². The molecule has 0 bridgehead atoms. The van der Waals surface area contributed by atoms with Crippen LogP contribution >= 0.6 is 12.2 Å². The number of carbonyl (C=O) groups is 1. The van der Waals surface area contributed by atoms with Gasteiger partial charge in [-0.05, 0) is 49.0 Å². The van der Waals surface area contributed by atoms with Crippen molar-refractivity contribution < 1.29 is 9.21 Å². The van der Waals surface area contributed by atoms with Gasteiger partial charge in [-0.15, -0.1) is 0 Å². The van der Waals surface area contributed by atoms with Gasteiger partial charge in [0.1, 0.15) is 5.76 Å². The number of rotatable bonds is 6. The van der Waals surface area contributed by atoms with Crippen molar-refractivity contribution in [2.75, 3.05) is 6.54 Å². The normalized spacial score (nSPS) is 10.9. The van der Waals surface area contributed by atoms with Gasteiger partial charge in [-0.1, -0.05) is 13.3 Å². The highest BCUT2D eigenvalue weighted by atomic mass is 32.1. The van der Waals surface area contributed by atoms with Crippen molar-refractivity contribution in [1.29, 1.82) is 0 Å². The van der Waals surface area contributed by atoms with Gasteiger partial charge in [0.15, 0.2) is 4.77 Å². The highest BCUT2D eigenvalue weighted by Gasteiger charge is 2.11. The molecule has 0 spiro atoms. The molecule has 0 radical (unpaired) electrons. The lowest BCUT2D eigenvalue weighted by atomic mass is 10.1. The molecule has 0 saturated heterocycles. The second-order valence-electron chi connectivity index (χ2n) is 5.77. The topological polar surface area (TPSA) is 80.0 Å². The quantitative estimate of drug-likeness (QED) is 0.524. The van der Waals surface area contributed by atoms with Gasteiger partial charge in [0, 0.05) is 12.1 Å². The summed E-state index contributed by atoms with van der Waals surface area (Å²) in [5, 5.41) is 3.34. The number of furan rings is 1. The van der Waals surface area contributed by atoms with E-state index in [1.807, 2.05) is 0 Å². The van der Waals surface area contributed by atoms with E-state index in [2.05, 4.69) is 17.2 Å². The smallest absolute Gasteiger partial charge is 0.262 e. The zero-order chi connectivity index (χ0) is 17.8. The Kier molecular flexibility index (Phi) is 5.14. The van der Waals surface area contributed by atoms with E-state index in [9.17, 15) is 9.59 Å². The molecular formula is C18H19N3O3S. The van der Waals surface area contributed by atoms with Crippen LogP contribution in [0, 0.1) is 4.77 Å². The first kappa shape index (κ1) is 17.2. The van der Waals surface area contributed by atoms with E-state index in [0.717, 1.165) is 12.8 Å². The number of unbranched alkanes of at least 4 members (excludes halogenated alkanes) is 1. The second kappa shape index (κ2) is 7.48. The van der Waals surface area contributed by atoms with Gasteiger partial charge in [-0.3, -0.25) is 14.2 Å². The molecule has 3 rings (SSSR count). The maximum Gasteiger partial charge on any atom is 0.262 e. The Labute approximate surface area is 149 Å². The molecule has 1 amide bonds. The molecule has 0 aliphatic carbocycles. The number of H-pyrrole nitrogens is 1. The Morgan fingerprint density at radius 1 is 1.36 bits per heavy atom. The molecule has 7 heteroatoms. The minimum absolute atomic E-state index is 0.158. The predicted octanol–water partition coefficient (Wildman–Crippen LogP) is 3.23. The number of hydrogen-bond donors (Lipinski definition) is 2. The zero-order valence-corrected chi connectivity index (χ0v) is 14.7. The van der Waals surface area contributed by atoms with Gasteiger partial charge in [-0.25, -0.2) is 0 Å². The third kappa shape index (κ3) is 3.71. The lowest BCUT2D eigenvalue weighted by Crippen LogP contribution is -2.25. The van der Waals surface area contributed by atoms with Crippen molar-refractivity contribution in [2.45, 2.75) is 26.3 Å². The number of hydrogen-bond acceptors (Lipinski definition) is 4. The van der Waals surface area contributed by atoms with Crippen LogP contribution in [0.15, 0.2) is 45.8 Å². The number of benzene rings is 1. The molecule has 0 aliphatic heterocycles. The molecule has 0 atom stereocenters. The van der Waals surface area contributed by atoms with Crippen LogP contribution in [-0.4, -0.2) is 22.0 Å². The summed E-state index contributed by atoms with van der Waals surface area (Å²) in [5.74, 6) is 0.488. The summed E-state index contributed by atoms with van der Waals surface area (Å²) in [6.07, 6.45) is 3.50. The zero-order valence-electron chi connectivity index (χ0n) is 13.9. The van der Waals surface area contributed by atoms with Crippen molar-refractivity contribution in [3.63, 3.8) is 0 Å². The van der Waals surface area contributed by atoms with Gasteiger partial charge in [-0.2, -0.15) is 0 Å². The number of nitrogens with one attached hydrogen (secondary N) is 2. The Morgan fingerprint density at radius 3 is 2.92 bits per heavy atom. The van der Waals surface area contributed by atoms with Crippen LogP contribution in [-0.2, 0) is 6.54 Å². The van der Waals surface area contributed by atoms with Gasteiger partial charge in [0.05, 0.1) is 23.7 Å². The molecule has 2 N–H and O–H groups in total. The summed E-state index contributed by atoms with van der Waals surface area (Å²) in [6, 6.07) is 8.51. The Morgan fingerprint density at radius 2 is 2.20 bits per heavy atom. The minimum Gasteiger partial charge on any atom is -0.467 e. The summed E-state index contributed by atoms with van der Waals surface area (Å²) in [5.41, 5.74) is 0.833. The van der Waals surface area contributed by atoms with Crippen LogP contribution in [0.25, 0.3) is 10.9 Å². The van der Waals surface area contributed by atoms with E-state index in [4.69, 9.17) is 16.6 Å². The van der Waals surface area contributed by atoms with Crippen LogP contribution in [0.4, 0.5) is 0 Å². The van der Waals surface area contributed by atoms with Crippen LogP contribution in [0.2, 0.25) is 0 Å². The van der Waals surface area contributed by atoms with Crippen molar-refractivity contribution in [2.24, 2.45) is 0 Å². The fourth-order valence-corrected chi connectivity index (χ4v) is 2.84. The average molecular weight is 357 g/mol. The van der Waals surface area contributed by atoms with Crippen molar-refractivity contribution >= 4 is 29.0 Å². The van der Waals surface area contributed by atoms with Crippen LogP contribution in [0.5, 0.6) is 0 Å². The standard InChI is InChI=1S/C18H19N3O3S/c1-2-3-8-19-16(22)12-6-7-14-15(10-12)20-18(25)21(17(14)23)11-13-5-4-9-24-13/h4-7,9-10H,2-3,8,11H2,1H3,(H,19,22)(H,20,25). The Balaban J connectivity index is 1.95. The van der Waals surface area contributed by atoms with Crippen LogP contribution in [0.1, 0.15) is 35.9 Å². The monoisotopic (exact) mass is 357 g/mol. The van der Waals surface area contributed by atoms with Crippen LogP contribution in [0.3, 0.4) is 0 Å². The van der Waals surface area contributed by atoms with Crippen molar-refractivity contribution in [3.05, 3.63) is 63.0 Å². The van der Waals surface area contributed by atoms with E-state index in [1.54, 1.807) is 36.6 Å². The third-order valence-corrected chi connectivity index (χ3v) is 4.28. The fourth-order valence-electron chi connectivity index (χ4n) is 2.58. The minimum atomic E-state index is -0.215. The Bertz CT molecular complexity index is 1000. The highest BCUT2D eigenvalue weighted by Crippen LogP contribution is 2.12. The summed E-state index contributed by atoms with van der Waals surface area (Å²) < 4.78 is 7.02. The number of aromatic amines is 1. The molecule has 0 fully saturated rings. The number of aromatic nitrogens is 2. The number of fused-ring (bicyclic) bond motifs is 1. The second-order valence-corrected chi connectivity index (χ2v) is 6.16. The van der Waals surface area contributed by atoms with E-state index in [-0.39, 0.29) is 22.8 Å². The summed E-state index contributed by atoms with van der Waals surface area (Å²) in [6.45, 7) is 2.96. The largest absolute Gasteiger partial charge is 0.467 e. The summed E-state index contributed by atoms with van der Waals surface area (Å²) in [7, 11) is 0. The predicted molar refractivity (Wildman–Crippen MR) is 98.4 cm³/mol. The molecule has 0 saturated carbocycles. The lowest BCUT2D eigenvalue weighted by molar-refractivity contribution is 0.0953. The fraction of sp³-hybridized carbons (Fsp3) is 0.278. The molecule has 25 heavy (non-hydrogen) atoms. The Hall–Kier alpha value is -2.67. The SMILES string of the molecule is CCCCNC(=O)c1ccc2c(=O)n(Cc3ccco3)c(=S)[nH]c2c1. The van der Waals surface area contributed by atoms with Crippen LogP contribution < -0.4 is 10.9 Å². The maximum atomic E-state index is 12.7. The first-order valence-corrected chi connectivity index (χ1v) is 8.58. The first-order valence-electron chi connectivity index (χ1n) is 8.17. The molecular weight excluding hydrogens is 338 g/mol. The van der Waals surface area contributed by atoms with E-state index < -0.39 is 0 Å². The molecule has 2 aromatic heterocycles. The third-order valence-electron chi connectivity index (χ3n) is 3.95.